The van der Waals surface area contributed by atoms with Crippen LogP contribution in [0.2, 0.25) is 0 Å². The molecule has 2 aromatic carbocycles. The molecule has 26 N–H and O–H groups in total. The number of carboxylic acids is 2. The third-order valence-electron chi connectivity index (χ3n) is 17.9. The Hall–Kier alpha value is -9.47. The minimum absolute atomic E-state index is 0.0117. The minimum Gasteiger partial charge on any atom is -0.508 e. The number of carboxylic acid groups (broad SMARTS) is 2. The number of phenolic OH excluding ortho intramolecular Hbond substituents is 1. The number of imidazole rings is 1. The molecule has 3 aromatic rings. The smallest absolute Gasteiger partial charge is 0.326 e. The predicted molar refractivity (Wildman–Crippen MR) is 424 cm³/mol. The average Bonchev–Trinajstić information content (AvgIpc) is 1.06. The maximum Gasteiger partial charge on any atom is 0.326 e. The lowest BCUT2D eigenvalue weighted by Crippen LogP contribution is -2.61. The number of aromatic hydroxyl groups is 1. The van der Waals surface area contributed by atoms with Crippen molar-refractivity contribution in [2.24, 2.45) is 34.6 Å². The number of nitrogens with two attached hydrogens (primary N) is 5. The molecule has 112 heavy (non-hydrogen) atoms. The lowest BCUT2D eigenvalue weighted by atomic mass is 10.00. The Balaban J connectivity index is 2.03. The predicted octanol–water partition coefficient (Wildman–Crippen LogP) is -2.04. The molecule has 1 aromatic heterocycles. The van der Waals surface area contributed by atoms with Gasteiger partial charge in [0.15, 0.2) is 0 Å². The molecule has 624 valence electrons. The van der Waals surface area contributed by atoms with Crippen LogP contribution in [0.1, 0.15) is 147 Å². The van der Waals surface area contributed by atoms with Gasteiger partial charge in [0, 0.05) is 37.6 Å². The van der Waals surface area contributed by atoms with Crippen LogP contribution in [0, 0.1) is 5.92 Å². The van der Waals surface area contributed by atoms with Gasteiger partial charge in [0.2, 0.25) is 70.9 Å². The van der Waals surface area contributed by atoms with E-state index in [1.165, 1.54) is 67.2 Å². The largest absolute Gasteiger partial charge is 0.508 e. The highest BCUT2D eigenvalue weighted by molar-refractivity contribution is 7.98. The fourth-order valence-electron chi connectivity index (χ4n) is 11.5. The zero-order valence-corrected chi connectivity index (χ0v) is 66.3. The van der Waals surface area contributed by atoms with Gasteiger partial charge < -0.3 is 113 Å². The number of phenols is 1. The molecule has 0 unspecified atom stereocenters. The Kier molecular flexibility index (Phi) is 46.9. The van der Waals surface area contributed by atoms with Gasteiger partial charge in [-0.1, -0.05) is 56.3 Å². The number of nitrogens with one attached hydrogen (secondary N) is 13. The van der Waals surface area contributed by atoms with Gasteiger partial charge >= 0.3 is 11.9 Å². The monoisotopic (exact) mass is 1610 g/mol. The van der Waals surface area contributed by atoms with Crippen LogP contribution in [0.15, 0.2) is 67.1 Å². The van der Waals surface area contributed by atoms with Gasteiger partial charge in [-0.3, -0.25) is 62.3 Å². The standard InChI is InChI=1S/C74H119N19O17S2/c1-44(2)37-57(70(105)88-55(29-35-111-4)69(104)87-52(20-10-14-32-76)66(101)86-53(21-11-15-33-77)67(102)89-56(74(109)110)30-36-112-5)90-71(106)58(38-46-17-7-6-8-18-46)92-73(108)60(40-48-41-80-43-82-48)93-72(107)59(39-47-23-25-49(94)26-24-47)91-68(103)54(22-12-16-34-78)85-65(100)51(19-9-13-31-75)84-61(95)42-81-63(98)45(3)83-64(99)50(79)27-28-62(96)97/h6-8,17-18,23-26,41,43-45,50-60,94H,9-16,19-22,27-40,42,75-79H2,1-5H3,(H,80,82)(H,81,98)(H,83,99)(H,84,95)(H,85,100)(H,86,101)(H,87,104)(H,88,105)(H,89,102)(H,90,106)(H,91,103)(H,92,108)(H,93,107)(H,96,97)(H,109,110)/t45-,50-,51-,52-,53-,54-,55-,56-,57-,58-,59-,60-/m0/s1. The number of nitrogens with zero attached hydrogens (tertiary/aromatic N) is 1. The Morgan fingerprint density at radius 1 is 0.429 bits per heavy atom. The molecule has 38 heteroatoms. The SMILES string of the molecule is CSCC[C@H](NC(=O)[C@H](CCCCN)NC(=O)[C@H](CCCCN)NC(=O)[C@H](CCSC)NC(=O)[C@H](CC(C)C)NC(=O)[C@H](Cc1ccccc1)NC(=O)[C@H](Cc1cnc[nH]1)NC(=O)[C@H](Cc1ccc(O)cc1)NC(=O)[C@H](CCCCN)NC(=O)[C@H](CCCCN)NC(=O)CNC(=O)[C@H](C)NC(=O)[C@@H](N)CCC(=O)O)C(=O)O. The Bertz CT molecular complexity index is 3440. The number of carbonyl (C=O) groups excluding carboxylic acids is 12. The van der Waals surface area contributed by atoms with Crippen LogP contribution in [0.25, 0.3) is 0 Å². The quantitative estimate of drug-likeness (QED) is 0.0271. The highest BCUT2D eigenvalue weighted by atomic mass is 32.2. The molecular formula is C74H119N19O17S2. The minimum atomic E-state index is -1.55. The highest BCUT2D eigenvalue weighted by Gasteiger charge is 2.37. The van der Waals surface area contributed by atoms with Crippen LogP contribution in [-0.2, 0) is 86.4 Å². The van der Waals surface area contributed by atoms with Crippen LogP contribution in [-0.4, -0.2) is 237 Å². The molecule has 0 bridgehead atoms. The van der Waals surface area contributed by atoms with Crippen LogP contribution in [0.5, 0.6) is 5.75 Å². The second kappa shape index (κ2) is 54.2. The molecule has 0 aliphatic carbocycles. The summed E-state index contributed by atoms with van der Waals surface area (Å²) in [6.07, 6.45) is 8.46. The first-order valence-electron chi connectivity index (χ1n) is 37.9. The van der Waals surface area contributed by atoms with E-state index in [1.54, 1.807) is 56.7 Å². The summed E-state index contributed by atoms with van der Waals surface area (Å²) in [6, 6.07) is -1.82. The molecule has 1 heterocycles. The Labute approximate surface area is 662 Å². The second-order valence-electron chi connectivity index (χ2n) is 27.7. The van der Waals surface area contributed by atoms with E-state index < -0.39 is 168 Å². The number of H-pyrrole nitrogens is 1. The van der Waals surface area contributed by atoms with E-state index in [2.05, 4.69) is 73.8 Å². The number of amides is 12. The number of aliphatic carboxylic acids is 2. The van der Waals surface area contributed by atoms with Crippen LogP contribution >= 0.6 is 23.5 Å². The van der Waals surface area contributed by atoms with Gasteiger partial charge in [-0.2, -0.15) is 23.5 Å². The van der Waals surface area contributed by atoms with Crippen molar-refractivity contribution in [3.8, 4) is 5.75 Å². The van der Waals surface area contributed by atoms with Gasteiger partial charge in [-0.15, -0.1) is 0 Å². The summed E-state index contributed by atoms with van der Waals surface area (Å²) in [4.78, 5) is 201. The van der Waals surface area contributed by atoms with E-state index in [-0.39, 0.29) is 115 Å². The van der Waals surface area contributed by atoms with Crippen molar-refractivity contribution in [3.05, 3.63) is 83.9 Å². The normalized spacial score (nSPS) is 14.4. The fourth-order valence-corrected chi connectivity index (χ4v) is 12.5. The van der Waals surface area contributed by atoms with Gasteiger partial charge in [-0.25, -0.2) is 9.78 Å². The van der Waals surface area contributed by atoms with Gasteiger partial charge in [-0.05, 0) is 189 Å². The summed E-state index contributed by atoms with van der Waals surface area (Å²) in [5.41, 5.74) is 30.3. The summed E-state index contributed by atoms with van der Waals surface area (Å²) in [5.74, 6) is -11.9. The first-order valence-corrected chi connectivity index (χ1v) is 40.6. The molecule has 0 aliphatic rings. The van der Waals surface area contributed by atoms with Crippen LogP contribution in [0.4, 0.5) is 0 Å². The second-order valence-corrected chi connectivity index (χ2v) is 29.6. The number of hydrogen-bond donors (Lipinski definition) is 21. The van der Waals surface area contributed by atoms with Gasteiger partial charge in [0.25, 0.3) is 0 Å². The number of hydrogen-bond acceptors (Lipinski definition) is 23. The number of carbonyl (C=O) groups is 14. The van der Waals surface area contributed by atoms with E-state index in [9.17, 15) is 63.0 Å². The van der Waals surface area contributed by atoms with Gasteiger partial charge in [0.1, 0.15) is 72.2 Å². The van der Waals surface area contributed by atoms with Crippen molar-refractivity contribution in [2.75, 3.05) is 56.7 Å². The molecule has 3 rings (SSSR count). The van der Waals surface area contributed by atoms with E-state index in [4.69, 9.17) is 33.8 Å². The molecule has 0 aliphatic heterocycles. The zero-order chi connectivity index (χ0) is 83.1. The van der Waals surface area contributed by atoms with Crippen molar-refractivity contribution in [3.63, 3.8) is 0 Å². The first kappa shape index (κ1) is 96.7. The number of aromatic nitrogens is 2. The Morgan fingerprint density at radius 2 is 0.804 bits per heavy atom. The topological polar surface area (TPSA) is 603 Å². The van der Waals surface area contributed by atoms with Crippen molar-refractivity contribution in [1.82, 2.24) is 73.8 Å². The number of benzene rings is 2. The van der Waals surface area contributed by atoms with Crippen LogP contribution < -0.4 is 92.5 Å². The lowest BCUT2D eigenvalue weighted by Gasteiger charge is -2.29. The van der Waals surface area contributed by atoms with Gasteiger partial charge in [0.05, 0.1) is 18.9 Å². The lowest BCUT2D eigenvalue weighted by molar-refractivity contribution is -0.142. The maximum atomic E-state index is 15.1. The molecule has 0 radical (unpaired) electrons. The number of thioether (sulfide) groups is 2. The number of unbranched alkanes of at least 4 members (excludes halogenated alkanes) is 4. The van der Waals surface area contributed by atoms with Crippen molar-refractivity contribution < 1.29 is 82.4 Å². The van der Waals surface area contributed by atoms with Crippen molar-refractivity contribution >= 4 is 106 Å². The van der Waals surface area contributed by atoms with E-state index in [1.807, 2.05) is 0 Å². The number of aromatic amines is 1. The summed E-state index contributed by atoms with van der Waals surface area (Å²) in [6.45, 7) is 5.21. The third-order valence-corrected chi connectivity index (χ3v) is 19.2. The molecule has 12 atom stereocenters. The summed E-state index contributed by atoms with van der Waals surface area (Å²) < 4.78 is 0. The summed E-state index contributed by atoms with van der Waals surface area (Å²) in [5, 5.41) is 61.1. The molecule has 0 saturated carbocycles. The Morgan fingerprint density at radius 3 is 1.21 bits per heavy atom. The van der Waals surface area contributed by atoms with E-state index in [0.717, 1.165) is 0 Å². The van der Waals surface area contributed by atoms with Crippen molar-refractivity contribution in [1.29, 1.82) is 0 Å². The third kappa shape index (κ3) is 38.2. The summed E-state index contributed by atoms with van der Waals surface area (Å²) >= 11 is 2.77. The van der Waals surface area contributed by atoms with Crippen molar-refractivity contribution in [2.45, 2.75) is 222 Å². The maximum absolute atomic E-state index is 15.1. The first-order chi connectivity index (χ1) is 53.5. The molecule has 36 nitrogen and oxygen atoms in total. The zero-order valence-electron chi connectivity index (χ0n) is 64.7. The molecular weight excluding hydrogens is 1490 g/mol. The summed E-state index contributed by atoms with van der Waals surface area (Å²) in [7, 11) is 0. The molecule has 12 amide bonds. The molecule has 0 fully saturated rings. The fraction of sp³-hybridized carbons (Fsp3) is 0.608. The molecule has 0 saturated heterocycles. The van der Waals surface area contributed by atoms with Crippen LogP contribution in [0.3, 0.4) is 0 Å². The van der Waals surface area contributed by atoms with E-state index >= 15 is 14.4 Å². The number of rotatable bonds is 58. The average molecular weight is 1610 g/mol. The highest BCUT2D eigenvalue weighted by Crippen LogP contribution is 2.17. The molecule has 0 spiro atoms. The van der Waals surface area contributed by atoms with E-state index in [0.29, 0.717) is 73.3 Å².